The Labute approximate surface area is 639 Å². The van der Waals surface area contributed by atoms with Gasteiger partial charge in [-0.05, 0) is 335 Å². The van der Waals surface area contributed by atoms with Crippen LogP contribution < -0.4 is 0 Å². The molecule has 16 rings (SSSR count). The summed E-state index contributed by atoms with van der Waals surface area (Å²) in [5.41, 5.74) is 41.6. The highest BCUT2D eigenvalue weighted by atomic mass is 14.2. The summed E-state index contributed by atoms with van der Waals surface area (Å²) in [6.45, 7) is 37.2. The topological polar surface area (TPSA) is 0 Å². The van der Waals surface area contributed by atoms with Crippen LogP contribution in [0.15, 0.2) is 322 Å². The predicted octanol–water partition coefficient (Wildman–Crippen LogP) is 30.5. The molecule has 0 aliphatic rings. The molecule has 0 amide bonds. The summed E-state index contributed by atoms with van der Waals surface area (Å²) in [4.78, 5) is 0. The Balaban J connectivity index is 0.000000129. The monoisotopic (exact) mass is 1390 g/mol. The number of aryl methyl sites for hydroxylation is 9. The van der Waals surface area contributed by atoms with Gasteiger partial charge in [-0.1, -0.05) is 309 Å². The van der Waals surface area contributed by atoms with E-state index in [9.17, 15) is 0 Å². The van der Waals surface area contributed by atoms with Crippen LogP contribution in [0.4, 0.5) is 0 Å². The maximum absolute atomic E-state index is 2.30. The fourth-order valence-electron chi connectivity index (χ4n) is 14.2. The largest absolute Gasteiger partial charge is 0.0622 e. The first-order valence-corrected chi connectivity index (χ1v) is 37.8. The molecule has 0 unspecified atom stereocenters. The molecule has 0 N–H and O–H groups in total. The predicted molar refractivity (Wildman–Crippen MR) is 470 cm³/mol. The lowest BCUT2D eigenvalue weighted by molar-refractivity contribution is 1.27. The van der Waals surface area contributed by atoms with Gasteiger partial charge >= 0.3 is 0 Å². The van der Waals surface area contributed by atoms with Crippen molar-refractivity contribution in [3.05, 3.63) is 416 Å². The van der Waals surface area contributed by atoms with Crippen molar-refractivity contribution in [3.63, 3.8) is 0 Å². The summed E-state index contributed by atoms with van der Waals surface area (Å²) >= 11 is 0. The molecule has 0 bridgehead atoms. The van der Waals surface area contributed by atoms with Gasteiger partial charge in [0.2, 0.25) is 0 Å². The van der Waals surface area contributed by atoms with Crippen molar-refractivity contribution in [2.75, 3.05) is 0 Å². The molecule has 107 heavy (non-hydrogen) atoms. The zero-order valence-corrected chi connectivity index (χ0v) is 66.1. The van der Waals surface area contributed by atoms with Gasteiger partial charge in [-0.2, -0.15) is 0 Å². The molecule has 0 spiro atoms. The van der Waals surface area contributed by atoms with Gasteiger partial charge in [-0.25, -0.2) is 0 Å². The van der Waals surface area contributed by atoms with Gasteiger partial charge in [-0.15, -0.1) is 0 Å². The Morgan fingerprint density at radius 2 is 0.430 bits per heavy atom. The first-order chi connectivity index (χ1) is 51.6. The van der Waals surface area contributed by atoms with Crippen LogP contribution in [0.1, 0.15) is 94.6 Å². The molecule has 0 aliphatic carbocycles. The molecule has 532 valence electrons. The van der Waals surface area contributed by atoms with E-state index in [-0.39, 0.29) is 0 Å². The Morgan fingerprint density at radius 1 is 0.121 bits per heavy atom. The number of hydrogen-bond acceptors (Lipinski definition) is 0. The van der Waals surface area contributed by atoms with E-state index in [1.807, 2.05) is 0 Å². The lowest BCUT2D eigenvalue weighted by Crippen LogP contribution is -1.91. The SMILES string of the molecule is Cc1cc(-c2ccc3ccccc3c2)cc(C)c1C.Cc1cc(-c2cccc3ccccc23)cc(C)c1C.Cc1ccc(-c2ccc(-c3ccccc3)cc2)c(C)c1C.Cc1ccc(-c2cccc(-c3ccccc3)c2)c(C)c1C.Cc1ccc(-c2ccccc2)c(C)c1C.Cc1ccc2ccccc2c1C. The van der Waals surface area contributed by atoms with Gasteiger partial charge in [0.1, 0.15) is 0 Å². The van der Waals surface area contributed by atoms with Crippen molar-refractivity contribution >= 4 is 32.3 Å². The van der Waals surface area contributed by atoms with Gasteiger partial charge in [0.25, 0.3) is 0 Å². The first kappa shape index (κ1) is 76.4. The summed E-state index contributed by atoms with van der Waals surface area (Å²) in [5, 5.41) is 7.93. The summed E-state index contributed by atoms with van der Waals surface area (Å²) < 4.78 is 0. The van der Waals surface area contributed by atoms with Crippen LogP contribution in [0, 0.1) is 118 Å². The lowest BCUT2D eigenvalue weighted by Gasteiger charge is -2.12. The van der Waals surface area contributed by atoms with Crippen LogP contribution in [0.2, 0.25) is 0 Å². The van der Waals surface area contributed by atoms with Crippen LogP contribution in [0.5, 0.6) is 0 Å². The standard InChI is InChI=1S/2C21H20.2C19H18.C15H16.C12H12/c1-15-12-13-21(17(3)16(15)2)20-11-7-10-19(14-20)18-8-5-4-6-9-18;1-15-9-14-21(17(3)16(15)2)20-12-10-19(11-13-20)18-7-5-4-6-8-18;1-13-11-17(12-14(2)15(13)3)19-10-6-8-16-7-4-5-9-18(16)19;1-13-10-19(11-14(2)15(13)3)18-9-8-16-6-4-5-7-17(16)12-18;1-11-9-10-15(13(3)12(11)2)14-7-5-4-6-8-14;1-9-7-8-11-5-3-4-6-12(11)10(9)2/h2*4-14H,1-3H3;2*4-12H,1-3H3;4-10H,1-3H3;3-8H,1-2H3. The van der Waals surface area contributed by atoms with Crippen LogP contribution in [0.25, 0.3) is 110 Å². The molecule has 0 heteroatoms. The molecule has 0 fully saturated rings. The van der Waals surface area contributed by atoms with Crippen molar-refractivity contribution in [1.82, 2.24) is 0 Å². The van der Waals surface area contributed by atoms with Crippen LogP contribution in [-0.4, -0.2) is 0 Å². The van der Waals surface area contributed by atoms with Crippen LogP contribution in [0.3, 0.4) is 0 Å². The third-order valence-corrected chi connectivity index (χ3v) is 22.3. The fourth-order valence-corrected chi connectivity index (χ4v) is 14.2. The van der Waals surface area contributed by atoms with Crippen molar-refractivity contribution in [1.29, 1.82) is 0 Å². The zero-order chi connectivity index (χ0) is 75.8. The maximum atomic E-state index is 2.30. The number of fused-ring (bicyclic) bond motifs is 3. The van der Waals surface area contributed by atoms with E-state index in [1.54, 1.807) is 0 Å². The smallest absolute Gasteiger partial charge is 0.0105 e. The van der Waals surface area contributed by atoms with Crippen LogP contribution in [-0.2, 0) is 0 Å². The number of benzene rings is 16. The highest BCUT2D eigenvalue weighted by Gasteiger charge is 2.12. The lowest BCUT2D eigenvalue weighted by atomic mass is 9.92. The van der Waals surface area contributed by atoms with Gasteiger partial charge in [0, 0.05) is 0 Å². The summed E-state index contributed by atoms with van der Waals surface area (Å²) in [6, 6.07) is 115. The minimum Gasteiger partial charge on any atom is -0.0622 e. The third kappa shape index (κ3) is 18.5. The highest BCUT2D eigenvalue weighted by molar-refractivity contribution is 5.97. The second-order valence-corrected chi connectivity index (χ2v) is 29.1. The van der Waals surface area contributed by atoms with Gasteiger partial charge in [0.15, 0.2) is 0 Å². The maximum Gasteiger partial charge on any atom is -0.0105 e. The third-order valence-electron chi connectivity index (χ3n) is 22.3. The molecule has 16 aromatic carbocycles. The van der Waals surface area contributed by atoms with E-state index < -0.39 is 0 Å². The zero-order valence-electron chi connectivity index (χ0n) is 66.1. The van der Waals surface area contributed by atoms with E-state index in [0.717, 1.165) is 0 Å². The molecular weight excluding hydrogens is 1290 g/mol. The van der Waals surface area contributed by atoms with Gasteiger partial charge < -0.3 is 0 Å². The Bertz CT molecular complexity index is 5670. The summed E-state index contributed by atoms with van der Waals surface area (Å²) in [6.07, 6.45) is 0. The highest BCUT2D eigenvalue weighted by Crippen LogP contribution is 2.36. The number of rotatable bonds is 7. The van der Waals surface area contributed by atoms with E-state index in [4.69, 9.17) is 0 Å². The molecular formula is C107H104. The van der Waals surface area contributed by atoms with E-state index >= 15 is 0 Å². The fraction of sp³-hybridized carbons (Fsp3) is 0.159. The molecule has 0 saturated heterocycles. The average molecular weight is 1390 g/mol. The van der Waals surface area contributed by atoms with E-state index in [0.29, 0.717) is 0 Å². The second kappa shape index (κ2) is 35.4. The Morgan fingerprint density at radius 3 is 0.944 bits per heavy atom. The minimum absolute atomic E-state index is 1.26. The molecule has 0 saturated carbocycles. The first-order valence-electron chi connectivity index (χ1n) is 37.8. The summed E-state index contributed by atoms with van der Waals surface area (Å²) in [7, 11) is 0. The molecule has 0 nitrogen and oxygen atoms in total. The quantitative estimate of drug-likeness (QED) is 0.149. The molecule has 0 heterocycles. The van der Waals surface area contributed by atoms with Gasteiger partial charge in [0.05, 0.1) is 0 Å². The van der Waals surface area contributed by atoms with Crippen LogP contribution >= 0.6 is 0 Å². The van der Waals surface area contributed by atoms with Crippen molar-refractivity contribution < 1.29 is 0 Å². The summed E-state index contributed by atoms with van der Waals surface area (Å²) in [5.74, 6) is 0. The second-order valence-electron chi connectivity index (χ2n) is 29.1. The molecule has 0 aliphatic heterocycles. The normalized spacial score (nSPS) is 10.7. The van der Waals surface area contributed by atoms with E-state index in [2.05, 4.69) is 439 Å². The van der Waals surface area contributed by atoms with Gasteiger partial charge in [-0.3, -0.25) is 0 Å². The van der Waals surface area contributed by atoms with Crippen molar-refractivity contribution in [3.8, 4) is 77.9 Å². The average Bonchev–Trinajstić information content (AvgIpc) is 0.886. The molecule has 0 radical (unpaired) electrons. The van der Waals surface area contributed by atoms with Crippen molar-refractivity contribution in [2.24, 2.45) is 0 Å². The van der Waals surface area contributed by atoms with E-state index in [1.165, 1.54) is 205 Å². The Hall–Kier alpha value is -11.7. The Kier molecular flexibility index (Phi) is 25.3. The minimum atomic E-state index is 1.26. The van der Waals surface area contributed by atoms with Crippen molar-refractivity contribution in [2.45, 2.75) is 118 Å². The molecule has 0 atom stereocenters. The molecule has 0 aromatic heterocycles. The number of hydrogen-bond donors (Lipinski definition) is 0. The molecule has 16 aromatic rings.